The number of halogens is 3. The van der Waals surface area contributed by atoms with Crippen molar-refractivity contribution in [2.75, 3.05) is 29.4 Å². The van der Waals surface area contributed by atoms with E-state index in [-0.39, 0.29) is 16.6 Å². The lowest BCUT2D eigenvalue weighted by Gasteiger charge is -2.41. The van der Waals surface area contributed by atoms with Gasteiger partial charge >= 0.3 is 0 Å². The highest BCUT2D eigenvalue weighted by Gasteiger charge is 2.27. The van der Waals surface area contributed by atoms with Crippen molar-refractivity contribution in [3.63, 3.8) is 0 Å². The third-order valence-corrected chi connectivity index (χ3v) is 5.76. The van der Waals surface area contributed by atoms with Gasteiger partial charge < -0.3 is 15.5 Å². The number of anilines is 2. The Morgan fingerprint density at radius 2 is 1.94 bits per heavy atom. The minimum absolute atomic E-state index is 0.0476. The fourth-order valence-corrected chi connectivity index (χ4v) is 4.07. The third kappa shape index (κ3) is 4.40. The number of benzene rings is 1. The summed E-state index contributed by atoms with van der Waals surface area (Å²) in [4.78, 5) is 28.6. The van der Waals surface area contributed by atoms with Crippen LogP contribution in [0.15, 0.2) is 42.9 Å². The molecule has 1 aromatic carbocycles. The van der Waals surface area contributed by atoms with Crippen LogP contribution in [0.2, 0.25) is 10.0 Å². The molecule has 1 atom stereocenters. The number of piperazine rings is 1. The van der Waals surface area contributed by atoms with Gasteiger partial charge in [-0.3, -0.25) is 4.79 Å². The minimum atomic E-state index is -0.568. The Morgan fingerprint density at radius 3 is 2.61 bits per heavy atom. The van der Waals surface area contributed by atoms with E-state index in [0.717, 1.165) is 5.82 Å². The topological polar surface area (TPSA) is 88.2 Å². The fourth-order valence-electron chi connectivity index (χ4n) is 3.61. The predicted octanol–water partition coefficient (Wildman–Crippen LogP) is 3.80. The zero-order valence-corrected chi connectivity index (χ0v) is 18.1. The van der Waals surface area contributed by atoms with Crippen LogP contribution >= 0.6 is 23.2 Å². The van der Waals surface area contributed by atoms with Crippen molar-refractivity contribution in [1.29, 1.82) is 0 Å². The Labute approximate surface area is 188 Å². The number of nitrogens with two attached hydrogens (primary N) is 1. The number of carbonyl (C=O) groups is 1. The van der Waals surface area contributed by atoms with Gasteiger partial charge in [-0.1, -0.05) is 23.2 Å². The van der Waals surface area contributed by atoms with Crippen LogP contribution in [0, 0.1) is 5.82 Å². The van der Waals surface area contributed by atoms with Gasteiger partial charge in [0.25, 0.3) is 0 Å². The Morgan fingerprint density at radius 1 is 1.13 bits per heavy atom. The summed E-state index contributed by atoms with van der Waals surface area (Å²) < 4.78 is 13.5. The molecule has 0 aliphatic carbocycles. The molecule has 7 nitrogen and oxygen atoms in total. The first kappa shape index (κ1) is 21.3. The molecule has 1 fully saturated rings. The largest absolute Gasteiger partial charge is 0.366 e. The number of amides is 1. The summed E-state index contributed by atoms with van der Waals surface area (Å²) in [6, 6.07) is 8.01. The Bertz CT molecular complexity index is 1140. The van der Waals surface area contributed by atoms with Crippen molar-refractivity contribution in [2.24, 2.45) is 5.73 Å². The normalized spacial score (nSPS) is 16.5. The van der Waals surface area contributed by atoms with E-state index in [0.29, 0.717) is 41.7 Å². The van der Waals surface area contributed by atoms with Crippen LogP contribution in [-0.2, 0) is 0 Å². The number of rotatable bonds is 4. The molecule has 0 spiro atoms. The van der Waals surface area contributed by atoms with Crippen molar-refractivity contribution < 1.29 is 9.18 Å². The summed E-state index contributed by atoms with van der Waals surface area (Å²) in [5.74, 6) is 0.338. The molecule has 10 heteroatoms. The molecular weight excluding hydrogens is 442 g/mol. The maximum absolute atomic E-state index is 13.5. The van der Waals surface area contributed by atoms with Crippen molar-refractivity contribution in [3.05, 3.63) is 64.3 Å². The molecule has 0 bridgehead atoms. The van der Waals surface area contributed by atoms with Crippen LogP contribution in [0.25, 0.3) is 11.3 Å². The van der Waals surface area contributed by atoms with Crippen molar-refractivity contribution in [3.8, 4) is 11.3 Å². The number of hydrogen-bond acceptors (Lipinski definition) is 6. The van der Waals surface area contributed by atoms with Gasteiger partial charge in [0.2, 0.25) is 5.91 Å². The fraction of sp³-hybridized carbons (Fsp3) is 0.238. The van der Waals surface area contributed by atoms with Crippen LogP contribution in [0.5, 0.6) is 0 Å². The third-order valence-electron chi connectivity index (χ3n) is 5.20. The monoisotopic (exact) mass is 460 g/mol. The standard InChI is InChI=1S/C21H19Cl2FN6O/c1-12-10-29(21-16(23)7-14(9-26-21)20(25)31)4-5-30(12)19-8-18(27-11-28-19)13-2-3-17(24)15(22)6-13/h2-3,6-9,11-12H,4-5,10H2,1H3,(H2,25,31). The molecule has 3 aromatic rings. The van der Waals surface area contributed by atoms with E-state index in [4.69, 9.17) is 28.9 Å². The second-order valence-electron chi connectivity index (χ2n) is 7.27. The number of primary amides is 1. The lowest BCUT2D eigenvalue weighted by atomic mass is 10.1. The Balaban J connectivity index is 1.53. The molecule has 1 amide bonds. The maximum atomic E-state index is 13.5. The summed E-state index contributed by atoms with van der Waals surface area (Å²) in [7, 11) is 0. The molecule has 1 aliphatic heterocycles. The summed E-state index contributed by atoms with van der Waals surface area (Å²) in [6.07, 6.45) is 2.92. The van der Waals surface area contributed by atoms with Crippen molar-refractivity contribution >= 4 is 40.7 Å². The van der Waals surface area contributed by atoms with Gasteiger partial charge in [0.1, 0.15) is 23.8 Å². The van der Waals surface area contributed by atoms with E-state index in [2.05, 4.69) is 31.7 Å². The molecule has 0 saturated carbocycles. The highest BCUT2D eigenvalue weighted by molar-refractivity contribution is 6.33. The summed E-state index contributed by atoms with van der Waals surface area (Å²) in [5, 5.41) is 0.431. The van der Waals surface area contributed by atoms with Crippen LogP contribution in [-0.4, -0.2) is 46.5 Å². The van der Waals surface area contributed by atoms with E-state index in [9.17, 15) is 9.18 Å². The van der Waals surface area contributed by atoms with Crippen molar-refractivity contribution in [2.45, 2.75) is 13.0 Å². The van der Waals surface area contributed by atoms with Crippen LogP contribution < -0.4 is 15.5 Å². The molecule has 2 aromatic heterocycles. The van der Waals surface area contributed by atoms with Gasteiger partial charge in [0, 0.05) is 43.5 Å². The van der Waals surface area contributed by atoms with Gasteiger partial charge in [-0.15, -0.1) is 0 Å². The molecule has 160 valence electrons. The lowest BCUT2D eigenvalue weighted by molar-refractivity contribution is 0.1000. The number of nitrogens with zero attached hydrogens (tertiary/aromatic N) is 5. The second kappa shape index (κ2) is 8.64. The van der Waals surface area contributed by atoms with Gasteiger partial charge in [-0.25, -0.2) is 19.3 Å². The number of aromatic nitrogens is 3. The Kier molecular flexibility index (Phi) is 5.93. The SMILES string of the molecule is CC1CN(c2ncc(C(N)=O)cc2Cl)CCN1c1cc(-c2ccc(F)c(Cl)c2)ncn1. The highest BCUT2D eigenvalue weighted by Crippen LogP contribution is 2.29. The van der Waals surface area contributed by atoms with Gasteiger partial charge in [0.15, 0.2) is 0 Å². The maximum Gasteiger partial charge on any atom is 0.250 e. The zero-order chi connectivity index (χ0) is 22.1. The average molecular weight is 461 g/mol. The summed E-state index contributed by atoms with van der Waals surface area (Å²) in [6.45, 7) is 4.07. The molecule has 1 unspecified atom stereocenters. The van der Waals surface area contributed by atoms with Gasteiger partial charge in [0.05, 0.1) is 21.3 Å². The molecule has 4 rings (SSSR count). The molecule has 31 heavy (non-hydrogen) atoms. The Hall–Kier alpha value is -2.97. The average Bonchev–Trinajstić information content (AvgIpc) is 2.75. The first-order valence-corrected chi connectivity index (χ1v) is 10.3. The number of pyridine rings is 1. The van der Waals surface area contributed by atoms with Crippen LogP contribution in [0.3, 0.4) is 0 Å². The first-order valence-electron chi connectivity index (χ1n) is 9.58. The molecule has 2 N–H and O–H groups in total. The smallest absolute Gasteiger partial charge is 0.250 e. The predicted molar refractivity (Wildman–Crippen MR) is 119 cm³/mol. The number of carbonyl (C=O) groups excluding carboxylic acids is 1. The summed E-state index contributed by atoms with van der Waals surface area (Å²) >= 11 is 12.2. The molecule has 0 radical (unpaired) electrons. The van der Waals surface area contributed by atoms with Gasteiger partial charge in [-0.05, 0) is 31.2 Å². The van der Waals surface area contributed by atoms with E-state index in [1.165, 1.54) is 24.7 Å². The van der Waals surface area contributed by atoms with E-state index in [1.54, 1.807) is 12.1 Å². The molecule has 3 heterocycles. The molecule has 1 saturated heterocycles. The van der Waals surface area contributed by atoms with Crippen molar-refractivity contribution in [1.82, 2.24) is 15.0 Å². The van der Waals surface area contributed by atoms with Crippen LogP contribution in [0.4, 0.5) is 16.0 Å². The zero-order valence-electron chi connectivity index (χ0n) is 16.6. The first-order chi connectivity index (χ1) is 14.8. The van der Waals surface area contributed by atoms with E-state index < -0.39 is 11.7 Å². The van der Waals surface area contributed by atoms with E-state index >= 15 is 0 Å². The molecule has 1 aliphatic rings. The molecular formula is C21H19Cl2FN6O. The number of hydrogen-bond donors (Lipinski definition) is 1. The summed E-state index contributed by atoms with van der Waals surface area (Å²) in [5.41, 5.74) is 6.94. The van der Waals surface area contributed by atoms with Crippen LogP contribution in [0.1, 0.15) is 17.3 Å². The highest BCUT2D eigenvalue weighted by atomic mass is 35.5. The quantitative estimate of drug-likeness (QED) is 0.636. The second-order valence-corrected chi connectivity index (χ2v) is 8.09. The van der Waals surface area contributed by atoms with E-state index in [1.807, 2.05) is 6.07 Å². The lowest BCUT2D eigenvalue weighted by Crippen LogP contribution is -2.52. The van der Waals surface area contributed by atoms with Gasteiger partial charge in [-0.2, -0.15) is 0 Å². The minimum Gasteiger partial charge on any atom is -0.366 e.